The second-order valence-corrected chi connectivity index (χ2v) is 4.46. The summed E-state index contributed by atoms with van der Waals surface area (Å²) in [4.78, 5) is 26.9. The van der Waals surface area contributed by atoms with Crippen LogP contribution in [0.1, 0.15) is 25.0 Å². The van der Waals surface area contributed by atoms with Gasteiger partial charge in [-0.2, -0.15) is 0 Å². The van der Waals surface area contributed by atoms with Crippen LogP contribution in [0.5, 0.6) is 0 Å². The number of aryl methyl sites for hydroxylation is 1. The molecule has 96 valence electrons. The van der Waals surface area contributed by atoms with Crippen LogP contribution in [0.4, 0.5) is 10.5 Å². The van der Waals surface area contributed by atoms with Crippen molar-refractivity contribution >= 4 is 17.7 Å². The number of carbonyl (C=O) groups excluding carboxylic acids is 1. The highest BCUT2D eigenvalue weighted by Crippen LogP contribution is 2.32. The monoisotopic (exact) mass is 249 g/mol. The number of nitrogens with one attached hydrogen (secondary N) is 2. The molecule has 18 heavy (non-hydrogen) atoms. The molecular formula is C12H15N3O3. The highest BCUT2D eigenvalue weighted by Gasteiger charge is 2.45. The van der Waals surface area contributed by atoms with Crippen LogP contribution < -0.4 is 10.6 Å². The predicted molar refractivity (Wildman–Crippen MR) is 65.3 cm³/mol. The minimum atomic E-state index is -1.10. The quantitative estimate of drug-likeness (QED) is 0.757. The van der Waals surface area contributed by atoms with Crippen LogP contribution >= 0.6 is 0 Å². The fourth-order valence-corrected chi connectivity index (χ4v) is 1.91. The maximum atomic E-state index is 11.8. The van der Waals surface area contributed by atoms with Gasteiger partial charge in [0.25, 0.3) is 0 Å². The molecule has 1 aromatic rings. The number of urea groups is 1. The Labute approximate surface area is 104 Å². The number of carboxylic acids is 1. The molecule has 1 aliphatic rings. The Bertz CT molecular complexity index is 483. The van der Waals surface area contributed by atoms with Gasteiger partial charge in [0.1, 0.15) is 5.54 Å². The lowest BCUT2D eigenvalue weighted by atomic mass is 9.77. The molecule has 1 heterocycles. The van der Waals surface area contributed by atoms with Crippen molar-refractivity contribution < 1.29 is 14.7 Å². The first-order chi connectivity index (χ1) is 8.53. The Balaban J connectivity index is 2.01. The zero-order valence-electron chi connectivity index (χ0n) is 10.1. The highest BCUT2D eigenvalue weighted by atomic mass is 16.4. The van der Waals surface area contributed by atoms with E-state index in [4.69, 9.17) is 5.11 Å². The molecule has 0 spiro atoms. The Kier molecular flexibility index (Phi) is 3.18. The van der Waals surface area contributed by atoms with Gasteiger partial charge in [-0.25, -0.2) is 9.59 Å². The molecule has 0 saturated heterocycles. The molecule has 3 N–H and O–H groups in total. The van der Waals surface area contributed by atoms with Crippen molar-refractivity contribution in [3.63, 3.8) is 0 Å². The maximum absolute atomic E-state index is 11.8. The summed E-state index contributed by atoms with van der Waals surface area (Å²) < 4.78 is 0. The van der Waals surface area contributed by atoms with Crippen LogP contribution in [-0.2, 0) is 4.79 Å². The number of rotatable bonds is 3. The van der Waals surface area contributed by atoms with Crippen LogP contribution in [0.3, 0.4) is 0 Å². The van der Waals surface area contributed by atoms with Gasteiger partial charge in [0, 0.05) is 6.20 Å². The van der Waals surface area contributed by atoms with Crippen molar-refractivity contribution in [3.8, 4) is 0 Å². The number of nitrogens with zero attached hydrogens (tertiary/aromatic N) is 1. The van der Waals surface area contributed by atoms with Gasteiger partial charge in [0.05, 0.1) is 11.4 Å². The van der Waals surface area contributed by atoms with Crippen LogP contribution in [0.2, 0.25) is 0 Å². The Hall–Kier alpha value is -2.11. The fourth-order valence-electron chi connectivity index (χ4n) is 1.91. The van der Waals surface area contributed by atoms with E-state index in [-0.39, 0.29) is 0 Å². The SMILES string of the molecule is Cc1ncccc1NC(=O)NC1(C(=O)O)CCC1. The number of carboxylic acid groups (broad SMARTS) is 1. The van der Waals surface area contributed by atoms with E-state index < -0.39 is 17.5 Å². The number of carbonyl (C=O) groups is 2. The number of hydrogen-bond acceptors (Lipinski definition) is 3. The minimum absolute atomic E-state index is 0.474. The van der Waals surface area contributed by atoms with E-state index in [2.05, 4.69) is 15.6 Å². The second kappa shape index (κ2) is 4.64. The molecule has 0 aliphatic heterocycles. The number of anilines is 1. The minimum Gasteiger partial charge on any atom is -0.480 e. The summed E-state index contributed by atoms with van der Waals surface area (Å²) >= 11 is 0. The molecule has 0 radical (unpaired) electrons. The van der Waals surface area contributed by atoms with Crippen molar-refractivity contribution in [1.29, 1.82) is 0 Å². The van der Waals surface area contributed by atoms with Crippen LogP contribution in [-0.4, -0.2) is 27.6 Å². The molecule has 0 unspecified atom stereocenters. The van der Waals surface area contributed by atoms with Crippen LogP contribution in [0, 0.1) is 6.92 Å². The molecule has 1 aromatic heterocycles. The van der Waals surface area contributed by atoms with Crippen molar-refractivity contribution in [3.05, 3.63) is 24.0 Å². The van der Waals surface area contributed by atoms with Crippen LogP contribution in [0.25, 0.3) is 0 Å². The molecule has 2 rings (SSSR count). The first kappa shape index (κ1) is 12.3. The molecule has 1 fully saturated rings. The topological polar surface area (TPSA) is 91.3 Å². The van der Waals surface area contributed by atoms with Gasteiger partial charge < -0.3 is 15.7 Å². The summed E-state index contributed by atoms with van der Waals surface area (Å²) in [6.07, 6.45) is 3.39. The van der Waals surface area contributed by atoms with E-state index >= 15 is 0 Å². The largest absolute Gasteiger partial charge is 0.480 e. The Morgan fingerprint density at radius 1 is 1.44 bits per heavy atom. The van der Waals surface area contributed by atoms with Crippen molar-refractivity contribution in [2.45, 2.75) is 31.7 Å². The van der Waals surface area contributed by atoms with Gasteiger partial charge in [0.2, 0.25) is 0 Å². The summed E-state index contributed by atoms with van der Waals surface area (Å²) in [5.74, 6) is -0.980. The summed E-state index contributed by atoms with van der Waals surface area (Å²) in [6.45, 7) is 1.77. The molecular weight excluding hydrogens is 234 g/mol. The number of aromatic nitrogens is 1. The van der Waals surface area contributed by atoms with Gasteiger partial charge in [-0.05, 0) is 38.3 Å². The third-order valence-electron chi connectivity index (χ3n) is 3.22. The Morgan fingerprint density at radius 2 is 2.17 bits per heavy atom. The van der Waals surface area contributed by atoms with Gasteiger partial charge in [0.15, 0.2) is 0 Å². The molecule has 0 bridgehead atoms. The summed E-state index contributed by atoms with van der Waals surface area (Å²) in [6, 6.07) is 2.92. The van der Waals surface area contributed by atoms with E-state index in [1.165, 1.54) is 0 Å². The number of hydrogen-bond donors (Lipinski definition) is 3. The second-order valence-electron chi connectivity index (χ2n) is 4.46. The molecule has 1 aliphatic carbocycles. The number of pyridine rings is 1. The molecule has 6 heteroatoms. The van der Waals surface area contributed by atoms with E-state index in [0.29, 0.717) is 24.2 Å². The van der Waals surface area contributed by atoms with Gasteiger partial charge in [-0.15, -0.1) is 0 Å². The van der Waals surface area contributed by atoms with Gasteiger partial charge in [-0.1, -0.05) is 0 Å². The summed E-state index contributed by atoms with van der Waals surface area (Å²) in [7, 11) is 0. The van der Waals surface area contributed by atoms with Crippen molar-refractivity contribution in [2.24, 2.45) is 0 Å². The third kappa shape index (κ3) is 2.27. The third-order valence-corrected chi connectivity index (χ3v) is 3.22. The van der Waals surface area contributed by atoms with Crippen molar-refractivity contribution in [1.82, 2.24) is 10.3 Å². The lowest BCUT2D eigenvalue weighted by Crippen LogP contribution is -2.60. The average Bonchev–Trinajstić information content (AvgIpc) is 2.26. The normalized spacial score (nSPS) is 16.5. The fraction of sp³-hybridized carbons (Fsp3) is 0.417. The van der Waals surface area contributed by atoms with E-state index in [9.17, 15) is 9.59 Å². The number of aliphatic carboxylic acids is 1. The first-order valence-corrected chi connectivity index (χ1v) is 5.78. The lowest BCUT2D eigenvalue weighted by molar-refractivity contribution is -0.148. The summed E-state index contributed by atoms with van der Waals surface area (Å²) in [5, 5.41) is 14.2. The molecule has 0 aromatic carbocycles. The van der Waals surface area contributed by atoms with E-state index in [1.807, 2.05) is 0 Å². The van der Waals surface area contributed by atoms with Crippen molar-refractivity contribution in [2.75, 3.05) is 5.32 Å². The zero-order valence-corrected chi connectivity index (χ0v) is 10.1. The van der Waals surface area contributed by atoms with Gasteiger partial charge in [-0.3, -0.25) is 4.98 Å². The molecule has 0 atom stereocenters. The van der Waals surface area contributed by atoms with E-state index in [0.717, 1.165) is 6.42 Å². The average molecular weight is 249 g/mol. The van der Waals surface area contributed by atoms with Crippen LogP contribution in [0.15, 0.2) is 18.3 Å². The molecule has 2 amide bonds. The summed E-state index contributed by atoms with van der Waals surface area (Å²) in [5.41, 5.74) is 0.167. The van der Waals surface area contributed by atoms with Gasteiger partial charge >= 0.3 is 12.0 Å². The zero-order chi connectivity index (χ0) is 13.2. The number of amides is 2. The lowest BCUT2D eigenvalue weighted by Gasteiger charge is -2.38. The van der Waals surface area contributed by atoms with E-state index in [1.54, 1.807) is 25.3 Å². The molecule has 6 nitrogen and oxygen atoms in total. The standard InChI is InChI=1S/C12H15N3O3/c1-8-9(4-2-7-13-8)14-11(18)15-12(10(16)17)5-3-6-12/h2,4,7H,3,5-6H2,1H3,(H,16,17)(H2,14,15,18). The smallest absolute Gasteiger partial charge is 0.329 e. The molecule has 1 saturated carbocycles. The first-order valence-electron chi connectivity index (χ1n) is 5.78. The highest BCUT2D eigenvalue weighted by molar-refractivity contribution is 5.94. The maximum Gasteiger partial charge on any atom is 0.329 e. The predicted octanol–water partition coefficient (Wildman–Crippen LogP) is 1.52. The Morgan fingerprint density at radius 3 is 2.67 bits per heavy atom.